The number of thiocarbonyl (C=S) groups is 1. The van der Waals surface area contributed by atoms with Crippen LogP contribution in [0.5, 0.6) is 0 Å². The van der Waals surface area contributed by atoms with E-state index in [4.69, 9.17) is 12.2 Å². The number of halogens is 10. The number of hydrogen-bond acceptors (Lipinski definition) is 4. The van der Waals surface area contributed by atoms with Crippen molar-refractivity contribution in [2.75, 3.05) is 5.75 Å². The molecule has 0 aromatic heterocycles. The molecule has 0 spiro atoms. The summed E-state index contributed by atoms with van der Waals surface area (Å²) in [6, 6.07) is 62.3. The summed E-state index contributed by atoms with van der Waals surface area (Å²) in [7, 11) is -1.99. The fraction of sp³-hybridized carbons (Fsp3) is 0.0189. The fourth-order valence-corrected chi connectivity index (χ4v) is 14.5. The van der Waals surface area contributed by atoms with Gasteiger partial charge in [-0.2, -0.15) is 0 Å². The molecule has 0 aliphatic carbocycles. The zero-order chi connectivity index (χ0) is 50.3. The minimum absolute atomic E-state index is 0. The molecule has 0 fully saturated rings. The van der Waals surface area contributed by atoms with Gasteiger partial charge in [-0.05, 0) is 59.1 Å². The first-order valence-corrected chi connectivity index (χ1v) is 24.4. The molecule has 0 aliphatic rings. The fourth-order valence-electron chi connectivity index (χ4n) is 6.29. The first-order chi connectivity index (χ1) is 33.7. The summed E-state index contributed by atoms with van der Waals surface area (Å²) in [5.41, 5.74) is 0.807. The van der Waals surface area contributed by atoms with Crippen LogP contribution >= 0.6 is 39.4 Å². The van der Waals surface area contributed by atoms with E-state index in [2.05, 4.69) is 97.1 Å². The van der Waals surface area contributed by atoms with Crippen LogP contribution in [0.15, 0.2) is 182 Å². The second kappa shape index (κ2) is 27.0. The van der Waals surface area contributed by atoms with Crippen LogP contribution in [0.25, 0.3) is 0 Å². The van der Waals surface area contributed by atoms with Crippen molar-refractivity contribution in [1.29, 1.82) is 0 Å². The molecule has 0 unspecified atom stereocenters. The Kier molecular flexibility index (Phi) is 21.2. The van der Waals surface area contributed by atoms with Gasteiger partial charge in [0.15, 0.2) is 22.5 Å². The van der Waals surface area contributed by atoms with E-state index in [1.807, 2.05) is 36.4 Å². The van der Waals surface area contributed by atoms with Crippen LogP contribution in [0.4, 0.5) is 43.9 Å². The second-order valence-electron chi connectivity index (χ2n) is 14.1. The normalized spacial score (nSPS) is 10.4. The molecule has 0 saturated heterocycles. The number of carbonyl (C=O) groups excluding carboxylic acids is 2. The molecule has 0 saturated carbocycles. The summed E-state index contributed by atoms with van der Waals surface area (Å²) in [5.74, 6) is -20.5. The van der Waals surface area contributed by atoms with Crippen molar-refractivity contribution < 1.29 is 75.9 Å². The third kappa shape index (κ3) is 14.3. The summed E-state index contributed by atoms with van der Waals surface area (Å²) in [6.07, 6.45) is 0. The number of imide groups is 1. The predicted molar refractivity (Wildman–Crippen MR) is 262 cm³/mol. The number of nitrogens with zero attached hydrogens (tertiary/aromatic N) is 1. The number of benzene rings is 8. The minimum atomic E-state index is -2.17. The van der Waals surface area contributed by atoms with E-state index >= 15 is 0 Å². The van der Waals surface area contributed by atoms with Gasteiger partial charge in [0.05, 0.1) is 63.9 Å². The van der Waals surface area contributed by atoms with E-state index < -0.39 is 85.5 Å². The molecule has 0 atom stereocenters. The van der Waals surface area contributed by atoms with E-state index in [1.54, 1.807) is 48.5 Å². The van der Waals surface area contributed by atoms with Gasteiger partial charge >= 0.3 is 0 Å². The molecule has 3 nitrogen and oxygen atoms in total. The largest absolute Gasteiger partial charge is 0.278 e. The smallest absolute Gasteiger partial charge is 0.266 e. The standard InChI is InChI=1S/C41H32NO2P2S2.2C6F5.Au/c43-39(32-19-7-1-8-20-32)42(40(44)33-21-9-2-10-22-33)41(47)48-31-38(45(34-23-11-3-12-24-34)35-25-13-4-14-26-35)46(36-27-15-5-16-28-36)37-29-17-6-18-30-37;2*7-2-1-3(8)5(10)6(11)4(2)9;/h1-30H,31H2;;;/q+1;2*-1;. The third-order valence-corrected chi connectivity index (χ3v) is 17.1. The SMILES string of the molecule is Fc1[c-]c(F)c(F)c(F)c1F.Fc1[c-]c(F)c(F)c(F)c1F.O=C(c1ccccc1)N(C(=O)c1ccccc1)C(=S)SCC(P(c1ccccc1)c1ccccc1)=[P+](c1ccccc1)c1ccccc1.[Au]. The van der Waals surface area contributed by atoms with Crippen LogP contribution in [0.3, 0.4) is 0 Å². The number of rotatable bonds is 9. The molecule has 1 radical (unpaired) electrons. The number of carbonyl (C=O) groups is 2. The summed E-state index contributed by atoms with van der Waals surface area (Å²) < 4.78 is 120. The maximum absolute atomic E-state index is 14.0. The number of thioether (sulfide) groups is 1. The molecule has 0 N–H and O–H groups in total. The van der Waals surface area contributed by atoms with E-state index in [0.717, 1.165) is 12.1 Å². The Labute approximate surface area is 429 Å². The van der Waals surface area contributed by atoms with Gasteiger partial charge in [-0.25, -0.2) is 31.2 Å². The van der Waals surface area contributed by atoms with Crippen LogP contribution in [0.1, 0.15) is 20.7 Å². The van der Waals surface area contributed by atoms with E-state index in [0.29, 0.717) is 16.9 Å². The number of hydrogen-bond donors (Lipinski definition) is 0. The van der Waals surface area contributed by atoms with Crippen molar-refractivity contribution in [3.8, 4) is 0 Å². The molecule has 0 aliphatic heterocycles. The van der Waals surface area contributed by atoms with Gasteiger partial charge in [-0.3, -0.25) is 27.2 Å². The first-order valence-electron chi connectivity index (χ1n) is 20.3. The van der Waals surface area contributed by atoms with Crippen molar-refractivity contribution in [2.45, 2.75) is 0 Å². The molecule has 2 amide bonds. The van der Waals surface area contributed by atoms with Crippen LogP contribution < -0.4 is 21.2 Å². The zero-order valence-corrected chi connectivity index (χ0v) is 41.7. The second-order valence-corrected chi connectivity index (χ2v) is 20.5. The summed E-state index contributed by atoms with van der Waals surface area (Å²) >= 11 is 7.42. The molecule has 8 aromatic rings. The molecule has 8 rings (SSSR count). The topological polar surface area (TPSA) is 37.4 Å². The van der Waals surface area contributed by atoms with Crippen LogP contribution in [0.2, 0.25) is 0 Å². The summed E-state index contributed by atoms with van der Waals surface area (Å²) in [4.78, 5) is 29.2. The van der Waals surface area contributed by atoms with Crippen LogP contribution in [-0.2, 0) is 22.4 Å². The van der Waals surface area contributed by atoms with Gasteiger partial charge in [0.1, 0.15) is 5.03 Å². The Morgan fingerprint density at radius 2 is 0.732 bits per heavy atom. The van der Waals surface area contributed by atoms with Gasteiger partial charge in [-0.1, -0.05) is 157 Å². The van der Waals surface area contributed by atoms with Crippen LogP contribution in [0, 0.1) is 70.3 Å². The number of amides is 2. The van der Waals surface area contributed by atoms with Gasteiger partial charge in [0.2, 0.25) is 0 Å². The molecular formula is C53H32AuF10NO2P2S2-. The molecule has 0 heterocycles. The van der Waals surface area contributed by atoms with Gasteiger partial charge < -0.3 is 0 Å². The van der Waals surface area contributed by atoms with Crippen molar-refractivity contribution in [2.24, 2.45) is 0 Å². The van der Waals surface area contributed by atoms with Crippen molar-refractivity contribution in [1.82, 2.24) is 4.90 Å². The van der Waals surface area contributed by atoms with Gasteiger partial charge in [0.25, 0.3) is 11.8 Å². The molecule has 71 heavy (non-hydrogen) atoms. The maximum Gasteiger partial charge on any atom is 0.266 e. The Bertz CT molecular complexity index is 2870. The summed E-state index contributed by atoms with van der Waals surface area (Å²) in [5, 5.41) is 6.25. The molecule has 18 heteroatoms. The average Bonchev–Trinajstić information content (AvgIpc) is 3.40. The Hall–Kier alpha value is -6.02. The first kappa shape index (κ1) is 55.9. The Balaban J connectivity index is 0.000000334. The monoisotopic (exact) mass is 1230 g/mol. The predicted octanol–water partition coefficient (Wildman–Crippen LogP) is 12.7. The molecule has 8 aromatic carbocycles. The Morgan fingerprint density at radius 1 is 0.451 bits per heavy atom. The van der Waals surface area contributed by atoms with E-state index in [1.165, 1.54) is 42.9 Å². The molecule has 365 valence electrons. The van der Waals surface area contributed by atoms with Crippen molar-refractivity contribution >= 4 is 81.8 Å². The third-order valence-electron chi connectivity index (χ3n) is 9.51. The molecule has 0 bridgehead atoms. The average molecular weight is 1230 g/mol. The quantitative estimate of drug-likeness (QED) is 0.0211. The minimum Gasteiger partial charge on any atom is -0.278 e. The van der Waals surface area contributed by atoms with Gasteiger partial charge in [0, 0.05) is 41.4 Å². The van der Waals surface area contributed by atoms with Gasteiger partial charge in [-0.15, -0.1) is 12.1 Å². The molecular weight excluding hydrogens is 1200 g/mol. The van der Waals surface area contributed by atoms with Crippen LogP contribution in [-0.4, -0.2) is 31.8 Å². The van der Waals surface area contributed by atoms with Crippen molar-refractivity contribution in [3.05, 3.63) is 263 Å². The van der Waals surface area contributed by atoms with E-state index in [9.17, 15) is 53.5 Å². The summed E-state index contributed by atoms with van der Waals surface area (Å²) in [6.45, 7) is 0. The maximum atomic E-state index is 14.0. The van der Waals surface area contributed by atoms with Crippen molar-refractivity contribution in [3.63, 3.8) is 0 Å². The Morgan fingerprint density at radius 3 is 1.04 bits per heavy atom. The zero-order valence-electron chi connectivity index (χ0n) is 36.1. The van der Waals surface area contributed by atoms with E-state index in [-0.39, 0.29) is 26.7 Å².